The lowest BCUT2D eigenvalue weighted by atomic mass is 10.1. The molecule has 0 radical (unpaired) electrons. The molecule has 2 aromatic carbocycles. The lowest BCUT2D eigenvalue weighted by Crippen LogP contribution is -2.43. The number of aryl methyl sites for hydroxylation is 3. The van der Waals surface area contributed by atoms with Gasteiger partial charge < -0.3 is 4.74 Å². The SMILES string of the molecule is Cc1cc(C)cc(OCC(=O)NNC(=O)CCc2ccccc2F)c1. The number of rotatable bonds is 6. The van der Waals surface area contributed by atoms with E-state index in [9.17, 15) is 14.0 Å². The van der Waals surface area contributed by atoms with E-state index in [2.05, 4.69) is 10.9 Å². The van der Waals surface area contributed by atoms with E-state index >= 15 is 0 Å². The molecule has 0 aromatic heterocycles. The van der Waals surface area contributed by atoms with Gasteiger partial charge in [-0.05, 0) is 55.2 Å². The molecule has 0 bridgehead atoms. The number of hydrogen-bond acceptors (Lipinski definition) is 3. The first kappa shape index (κ1) is 18.4. The van der Waals surface area contributed by atoms with Crippen LogP contribution in [-0.2, 0) is 16.0 Å². The fourth-order valence-electron chi connectivity index (χ4n) is 2.35. The molecule has 132 valence electrons. The summed E-state index contributed by atoms with van der Waals surface area (Å²) in [5.41, 5.74) is 7.10. The van der Waals surface area contributed by atoms with Gasteiger partial charge >= 0.3 is 0 Å². The predicted molar refractivity (Wildman–Crippen MR) is 92.4 cm³/mol. The van der Waals surface area contributed by atoms with Gasteiger partial charge in [0.05, 0.1) is 0 Å². The molecule has 6 heteroatoms. The molecule has 0 fully saturated rings. The van der Waals surface area contributed by atoms with E-state index in [0.717, 1.165) is 11.1 Å². The average molecular weight is 344 g/mol. The van der Waals surface area contributed by atoms with Crippen molar-refractivity contribution in [3.63, 3.8) is 0 Å². The van der Waals surface area contributed by atoms with Gasteiger partial charge in [0, 0.05) is 6.42 Å². The molecular weight excluding hydrogens is 323 g/mol. The molecule has 2 aromatic rings. The topological polar surface area (TPSA) is 67.4 Å². The summed E-state index contributed by atoms with van der Waals surface area (Å²) in [6.45, 7) is 3.67. The van der Waals surface area contributed by atoms with E-state index in [1.54, 1.807) is 18.2 Å². The zero-order valence-corrected chi connectivity index (χ0v) is 14.3. The number of nitrogens with one attached hydrogen (secondary N) is 2. The third kappa shape index (κ3) is 6.25. The van der Waals surface area contributed by atoms with Gasteiger partial charge in [-0.25, -0.2) is 4.39 Å². The van der Waals surface area contributed by atoms with E-state index in [0.29, 0.717) is 11.3 Å². The van der Waals surface area contributed by atoms with E-state index in [-0.39, 0.29) is 25.3 Å². The van der Waals surface area contributed by atoms with Gasteiger partial charge in [0.2, 0.25) is 5.91 Å². The molecular formula is C19H21FN2O3. The summed E-state index contributed by atoms with van der Waals surface area (Å²) in [6, 6.07) is 11.9. The van der Waals surface area contributed by atoms with E-state index < -0.39 is 11.8 Å². The fourth-order valence-corrected chi connectivity index (χ4v) is 2.35. The summed E-state index contributed by atoms with van der Waals surface area (Å²) in [7, 11) is 0. The lowest BCUT2D eigenvalue weighted by Gasteiger charge is -2.10. The van der Waals surface area contributed by atoms with Gasteiger partial charge in [-0.3, -0.25) is 20.4 Å². The number of carbonyl (C=O) groups excluding carboxylic acids is 2. The molecule has 0 atom stereocenters. The van der Waals surface area contributed by atoms with Crippen molar-refractivity contribution in [3.05, 3.63) is 65.0 Å². The zero-order chi connectivity index (χ0) is 18.2. The van der Waals surface area contributed by atoms with Crippen molar-refractivity contribution in [2.45, 2.75) is 26.7 Å². The van der Waals surface area contributed by atoms with E-state index in [4.69, 9.17) is 4.74 Å². The largest absolute Gasteiger partial charge is 0.484 e. The first-order chi connectivity index (χ1) is 11.9. The van der Waals surface area contributed by atoms with Crippen LogP contribution < -0.4 is 15.6 Å². The van der Waals surface area contributed by atoms with Crippen LogP contribution in [0.25, 0.3) is 0 Å². The van der Waals surface area contributed by atoms with Crippen LogP contribution in [0.2, 0.25) is 0 Å². The maximum absolute atomic E-state index is 13.5. The Morgan fingerprint density at radius 3 is 2.32 bits per heavy atom. The number of halogens is 1. The molecule has 0 saturated carbocycles. The second kappa shape index (κ2) is 8.82. The highest BCUT2D eigenvalue weighted by molar-refractivity contribution is 5.82. The third-order valence-corrected chi connectivity index (χ3v) is 3.49. The summed E-state index contributed by atoms with van der Waals surface area (Å²) >= 11 is 0. The molecule has 25 heavy (non-hydrogen) atoms. The summed E-state index contributed by atoms with van der Waals surface area (Å²) in [5, 5.41) is 0. The number of carbonyl (C=O) groups is 2. The normalized spacial score (nSPS) is 10.2. The highest BCUT2D eigenvalue weighted by Crippen LogP contribution is 2.15. The van der Waals surface area contributed by atoms with Crippen molar-refractivity contribution in [3.8, 4) is 5.75 Å². The Hall–Kier alpha value is -2.89. The van der Waals surface area contributed by atoms with Crippen LogP contribution in [0.1, 0.15) is 23.1 Å². The van der Waals surface area contributed by atoms with Crippen LogP contribution in [0.3, 0.4) is 0 Å². The van der Waals surface area contributed by atoms with Crippen LogP contribution >= 0.6 is 0 Å². The standard InChI is InChI=1S/C19H21FN2O3/c1-13-9-14(2)11-16(10-13)25-12-19(24)22-21-18(23)8-7-15-5-3-4-6-17(15)20/h3-6,9-11H,7-8,12H2,1-2H3,(H,21,23)(H,22,24). The Morgan fingerprint density at radius 1 is 1.00 bits per heavy atom. The Kier molecular flexibility index (Phi) is 6.51. The van der Waals surface area contributed by atoms with Crippen molar-refractivity contribution in [1.29, 1.82) is 0 Å². The highest BCUT2D eigenvalue weighted by atomic mass is 19.1. The molecule has 0 aliphatic heterocycles. The molecule has 0 heterocycles. The minimum absolute atomic E-state index is 0.0686. The van der Waals surface area contributed by atoms with Crippen molar-refractivity contribution in [2.24, 2.45) is 0 Å². The summed E-state index contributed by atoms with van der Waals surface area (Å²) < 4.78 is 18.8. The van der Waals surface area contributed by atoms with Crippen molar-refractivity contribution in [2.75, 3.05) is 6.61 Å². The Morgan fingerprint density at radius 2 is 1.64 bits per heavy atom. The summed E-state index contributed by atoms with van der Waals surface area (Å²) in [6.07, 6.45) is 0.326. The Bertz CT molecular complexity index is 742. The predicted octanol–water partition coefficient (Wildman–Crippen LogP) is 2.60. The molecule has 0 spiro atoms. The lowest BCUT2D eigenvalue weighted by molar-refractivity contribution is -0.130. The minimum atomic E-state index is -0.474. The number of amides is 2. The highest BCUT2D eigenvalue weighted by Gasteiger charge is 2.08. The number of benzene rings is 2. The zero-order valence-electron chi connectivity index (χ0n) is 14.3. The van der Waals surface area contributed by atoms with Crippen molar-refractivity contribution < 1.29 is 18.7 Å². The summed E-state index contributed by atoms with van der Waals surface area (Å²) in [5.74, 6) is -0.624. The van der Waals surface area contributed by atoms with Gasteiger partial charge in [0.1, 0.15) is 11.6 Å². The van der Waals surface area contributed by atoms with Gasteiger partial charge in [-0.2, -0.15) is 0 Å². The molecule has 0 unspecified atom stereocenters. The molecule has 0 aliphatic rings. The summed E-state index contributed by atoms with van der Waals surface area (Å²) in [4.78, 5) is 23.4. The molecule has 2 amide bonds. The van der Waals surface area contributed by atoms with Crippen LogP contribution in [0.4, 0.5) is 4.39 Å². The first-order valence-electron chi connectivity index (χ1n) is 7.96. The van der Waals surface area contributed by atoms with Crippen molar-refractivity contribution in [1.82, 2.24) is 10.9 Å². The van der Waals surface area contributed by atoms with Crippen LogP contribution in [0.15, 0.2) is 42.5 Å². The van der Waals surface area contributed by atoms with Gasteiger partial charge in [-0.1, -0.05) is 24.3 Å². The van der Waals surface area contributed by atoms with E-state index in [1.807, 2.05) is 32.0 Å². The van der Waals surface area contributed by atoms with Crippen LogP contribution in [0.5, 0.6) is 5.75 Å². The number of hydrogen-bond donors (Lipinski definition) is 2. The monoisotopic (exact) mass is 344 g/mol. The maximum Gasteiger partial charge on any atom is 0.276 e. The molecule has 0 saturated heterocycles. The van der Waals surface area contributed by atoms with E-state index in [1.165, 1.54) is 6.07 Å². The molecule has 5 nitrogen and oxygen atoms in total. The Balaban J connectivity index is 1.70. The maximum atomic E-state index is 13.5. The molecule has 0 aliphatic carbocycles. The minimum Gasteiger partial charge on any atom is -0.484 e. The molecule has 2 N–H and O–H groups in total. The second-order valence-corrected chi connectivity index (χ2v) is 5.80. The fraction of sp³-hybridized carbons (Fsp3) is 0.263. The second-order valence-electron chi connectivity index (χ2n) is 5.80. The van der Waals surface area contributed by atoms with Crippen molar-refractivity contribution >= 4 is 11.8 Å². The molecule has 2 rings (SSSR count). The number of ether oxygens (including phenoxy) is 1. The Labute approximate surface area is 146 Å². The quantitative estimate of drug-likeness (QED) is 0.792. The smallest absolute Gasteiger partial charge is 0.276 e. The number of hydrazine groups is 1. The van der Waals surface area contributed by atoms with Gasteiger partial charge in [-0.15, -0.1) is 0 Å². The van der Waals surface area contributed by atoms with Gasteiger partial charge in [0.25, 0.3) is 5.91 Å². The third-order valence-electron chi connectivity index (χ3n) is 3.49. The van der Waals surface area contributed by atoms with Crippen LogP contribution in [-0.4, -0.2) is 18.4 Å². The van der Waals surface area contributed by atoms with Crippen LogP contribution in [0, 0.1) is 19.7 Å². The average Bonchev–Trinajstić information content (AvgIpc) is 2.56. The van der Waals surface area contributed by atoms with Gasteiger partial charge in [0.15, 0.2) is 6.61 Å². The first-order valence-corrected chi connectivity index (χ1v) is 7.96.